The summed E-state index contributed by atoms with van der Waals surface area (Å²) in [7, 11) is -3.66. The van der Waals surface area contributed by atoms with E-state index in [-0.39, 0.29) is 17.3 Å². The largest absolute Gasteiger partial charge is 0.354 e. The summed E-state index contributed by atoms with van der Waals surface area (Å²) in [5.41, 5.74) is 2.38. The van der Waals surface area contributed by atoms with Crippen LogP contribution in [0.1, 0.15) is 34.4 Å². The molecular formula is C20H21N3O4S2. The van der Waals surface area contributed by atoms with Crippen LogP contribution in [0.5, 0.6) is 0 Å². The number of nitrogens with one attached hydrogen (secondary N) is 2. The van der Waals surface area contributed by atoms with E-state index < -0.39 is 10.0 Å². The van der Waals surface area contributed by atoms with Crippen LogP contribution in [0.2, 0.25) is 0 Å². The normalized spacial score (nSPS) is 11.8. The van der Waals surface area contributed by atoms with Crippen molar-refractivity contribution in [2.75, 3.05) is 5.32 Å². The Morgan fingerprint density at radius 1 is 1.24 bits per heavy atom. The zero-order valence-corrected chi connectivity index (χ0v) is 17.9. The molecule has 2 N–H and O–H groups in total. The molecule has 0 spiro atoms. The van der Waals surface area contributed by atoms with Crippen molar-refractivity contribution in [1.82, 2.24) is 9.88 Å². The summed E-state index contributed by atoms with van der Waals surface area (Å²) < 4.78 is 33.4. The second-order valence-corrected chi connectivity index (χ2v) is 9.22. The van der Waals surface area contributed by atoms with E-state index in [1.165, 1.54) is 18.3 Å². The smallest absolute Gasteiger partial charge is 0.241 e. The Morgan fingerprint density at radius 3 is 2.72 bits per heavy atom. The lowest BCUT2D eigenvalue weighted by Gasteiger charge is -2.09. The van der Waals surface area contributed by atoms with Crippen molar-refractivity contribution in [3.63, 3.8) is 0 Å². The number of hydrogen-bond acceptors (Lipinski definition) is 6. The Labute approximate surface area is 173 Å². The van der Waals surface area contributed by atoms with E-state index in [2.05, 4.69) is 15.2 Å². The molecule has 2 aromatic heterocycles. The second-order valence-electron chi connectivity index (χ2n) is 6.45. The van der Waals surface area contributed by atoms with E-state index in [1.54, 1.807) is 38.1 Å². The lowest BCUT2D eigenvalue weighted by molar-refractivity contribution is -0.114. The molecular weight excluding hydrogens is 410 g/mol. The van der Waals surface area contributed by atoms with Gasteiger partial charge in [-0.3, -0.25) is 4.79 Å². The number of anilines is 1. The molecule has 7 nitrogen and oxygen atoms in total. The van der Waals surface area contributed by atoms with Gasteiger partial charge in [0.25, 0.3) is 0 Å². The number of benzene rings is 1. The first-order valence-electron chi connectivity index (χ1n) is 8.81. The van der Waals surface area contributed by atoms with Gasteiger partial charge in [0.2, 0.25) is 15.9 Å². The first kappa shape index (κ1) is 21.0. The van der Waals surface area contributed by atoms with E-state index in [0.29, 0.717) is 28.3 Å². The van der Waals surface area contributed by atoms with E-state index >= 15 is 0 Å². The van der Waals surface area contributed by atoms with Crippen LogP contribution >= 0.6 is 11.3 Å². The number of nitrogens with zero attached hydrogens (tertiary/aromatic N) is 1. The molecule has 0 atom stereocenters. The Morgan fingerprint density at radius 2 is 2.03 bits per heavy atom. The van der Waals surface area contributed by atoms with Crippen molar-refractivity contribution in [2.24, 2.45) is 0 Å². The number of aryl methyl sites for hydroxylation is 2. The molecule has 2 heterocycles. The number of sulfonamides is 1. The number of rotatable bonds is 7. The predicted molar refractivity (Wildman–Crippen MR) is 114 cm³/mol. The monoisotopic (exact) mass is 431 g/mol. The zero-order chi connectivity index (χ0) is 21.0. The first-order chi connectivity index (χ1) is 13.8. The van der Waals surface area contributed by atoms with Crippen LogP contribution in [0.15, 0.2) is 45.1 Å². The summed E-state index contributed by atoms with van der Waals surface area (Å²) in [4.78, 5) is 12.5. The second kappa shape index (κ2) is 8.73. The third kappa shape index (κ3) is 5.20. The van der Waals surface area contributed by atoms with Crippen LogP contribution in [0.25, 0.3) is 12.2 Å². The number of thiophene rings is 1. The third-order valence-corrected chi connectivity index (χ3v) is 6.56. The van der Waals surface area contributed by atoms with Gasteiger partial charge >= 0.3 is 0 Å². The van der Waals surface area contributed by atoms with Crippen LogP contribution in [0.3, 0.4) is 0 Å². The summed E-state index contributed by atoms with van der Waals surface area (Å²) in [5, 5.41) is 8.44. The van der Waals surface area contributed by atoms with Gasteiger partial charge in [0, 0.05) is 18.3 Å². The Kier molecular flexibility index (Phi) is 6.31. The van der Waals surface area contributed by atoms with Gasteiger partial charge in [-0.15, -0.1) is 11.3 Å². The Bertz CT molecular complexity index is 1150. The van der Waals surface area contributed by atoms with Crippen molar-refractivity contribution in [3.05, 3.63) is 63.2 Å². The highest BCUT2D eigenvalue weighted by Gasteiger charge is 2.17. The van der Waals surface area contributed by atoms with E-state index in [1.807, 2.05) is 23.6 Å². The van der Waals surface area contributed by atoms with Gasteiger partial charge in [-0.05, 0) is 48.6 Å². The number of amides is 1. The van der Waals surface area contributed by atoms with Gasteiger partial charge in [0.15, 0.2) is 5.76 Å². The van der Waals surface area contributed by atoms with Crippen molar-refractivity contribution in [3.8, 4) is 0 Å². The Balaban J connectivity index is 1.84. The molecule has 0 bridgehead atoms. The molecule has 9 heteroatoms. The standard InChI is InChI=1S/C20H21N3O4S2/c1-13-6-7-16(8-9-18-20(22-15(3)24)14(2)23-27-18)11-19(13)29(25,26)21-12-17-5-4-10-28-17/h4-11,21H,12H2,1-3H3,(H,22,24)/b9-8-. The lowest BCUT2D eigenvalue weighted by atomic mass is 10.1. The van der Waals surface area contributed by atoms with Crippen molar-refractivity contribution in [1.29, 1.82) is 0 Å². The Hall–Kier alpha value is -2.75. The van der Waals surface area contributed by atoms with E-state index in [9.17, 15) is 13.2 Å². The SMILES string of the molecule is CC(=O)Nc1c(C)noc1/C=C\c1ccc(C)c(S(=O)(=O)NCc2cccs2)c1. The fraction of sp³-hybridized carbons (Fsp3) is 0.200. The van der Waals surface area contributed by atoms with Gasteiger partial charge in [-0.25, -0.2) is 13.1 Å². The summed E-state index contributed by atoms with van der Waals surface area (Å²) in [6, 6.07) is 8.92. The molecule has 0 aliphatic heterocycles. The molecule has 0 saturated carbocycles. The maximum atomic E-state index is 12.7. The van der Waals surface area contributed by atoms with Crippen LogP contribution < -0.4 is 10.0 Å². The zero-order valence-electron chi connectivity index (χ0n) is 16.2. The molecule has 29 heavy (non-hydrogen) atoms. The summed E-state index contributed by atoms with van der Waals surface area (Å²) in [6.45, 7) is 5.13. The third-order valence-electron chi connectivity index (χ3n) is 4.14. The van der Waals surface area contributed by atoms with E-state index in [0.717, 1.165) is 4.88 Å². The van der Waals surface area contributed by atoms with Crippen LogP contribution in [-0.2, 0) is 21.4 Å². The quantitative estimate of drug-likeness (QED) is 0.590. The lowest BCUT2D eigenvalue weighted by Crippen LogP contribution is -2.23. The molecule has 0 unspecified atom stereocenters. The van der Waals surface area contributed by atoms with Crippen molar-refractivity contribution in [2.45, 2.75) is 32.2 Å². The number of aromatic nitrogens is 1. The highest BCUT2D eigenvalue weighted by atomic mass is 32.2. The van der Waals surface area contributed by atoms with Crippen molar-refractivity contribution >= 4 is 45.1 Å². The molecule has 1 amide bonds. The minimum absolute atomic E-state index is 0.215. The average Bonchev–Trinajstić information content (AvgIpc) is 3.30. The maximum absolute atomic E-state index is 12.7. The van der Waals surface area contributed by atoms with Gasteiger partial charge in [0.1, 0.15) is 11.4 Å². The fourth-order valence-electron chi connectivity index (χ4n) is 2.67. The summed E-state index contributed by atoms with van der Waals surface area (Å²) in [5.74, 6) is 0.157. The van der Waals surface area contributed by atoms with Crippen molar-refractivity contribution < 1.29 is 17.7 Å². The minimum Gasteiger partial charge on any atom is -0.354 e. The predicted octanol–water partition coefficient (Wildman–Crippen LogP) is 3.96. The fourth-order valence-corrected chi connectivity index (χ4v) is 4.69. The molecule has 152 valence electrons. The first-order valence-corrected chi connectivity index (χ1v) is 11.2. The number of carbonyl (C=O) groups excluding carboxylic acids is 1. The minimum atomic E-state index is -3.66. The average molecular weight is 432 g/mol. The maximum Gasteiger partial charge on any atom is 0.241 e. The highest BCUT2D eigenvalue weighted by Crippen LogP contribution is 2.24. The highest BCUT2D eigenvalue weighted by molar-refractivity contribution is 7.89. The summed E-state index contributed by atoms with van der Waals surface area (Å²) in [6.07, 6.45) is 3.36. The molecule has 0 radical (unpaired) electrons. The molecule has 0 saturated heterocycles. The number of hydrogen-bond donors (Lipinski definition) is 2. The molecule has 3 aromatic rings. The molecule has 0 aliphatic rings. The van der Waals surface area contributed by atoms with E-state index in [4.69, 9.17) is 4.52 Å². The molecule has 1 aromatic carbocycles. The van der Waals surface area contributed by atoms with Gasteiger partial charge < -0.3 is 9.84 Å². The topological polar surface area (TPSA) is 101 Å². The molecule has 0 fully saturated rings. The number of carbonyl (C=O) groups is 1. The van der Waals surface area contributed by atoms with Gasteiger partial charge in [0.05, 0.1) is 4.90 Å². The summed E-state index contributed by atoms with van der Waals surface area (Å²) >= 11 is 1.49. The van der Waals surface area contributed by atoms with Gasteiger partial charge in [-0.1, -0.05) is 29.4 Å². The molecule has 0 aliphatic carbocycles. The molecule has 3 rings (SSSR count). The van der Waals surface area contributed by atoms with Crippen LogP contribution in [-0.4, -0.2) is 19.5 Å². The van der Waals surface area contributed by atoms with Crippen LogP contribution in [0, 0.1) is 13.8 Å². The van der Waals surface area contributed by atoms with Crippen LogP contribution in [0.4, 0.5) is 5.69 Å². The van der Waals surface area contributed by atoms with Gasteiger partial charge in [-0.2, -0.15) is 0 Å².